The first-order chi connectivity index (χ1) is 9.15. The fourth-order valence-electron chi connectivity index (χ4n) is 2.89. The first-order valence-corrected chi connectivity index (χ1v) is 7.66. The largest absolute Gasteiger partial charge is 0.337 e. The molecule has 0 bridgehead atoms. The second-order valence-corrected chi connectivity index (χ2v) is 7.17. The van der Waals surface area contributed by atoms with E-state index in [2.05, 4.69) is 40.8 Å². The average molecular weight is 275 g/mol. The quantitative estimate of drug-likeness (QED) is 0.915. The van der Waals surface area contributed by atoms with Gasteiger partial charge in [-0.2, -0.15) is 4.98 Å². The van der Waals surface area contributed by atoms with Gasteiger partial charge in [-0.3, -0.25) is 0 Å². The fourth-order valence-corrected chi connectivity index (χ4v) is 3.81. The Balaban J connectivity index is 1.65. The van der Waals surface area contributed by atoms with E-state index >= 15 is 0 Å². The van der Waals surface area contributed by atoms with Crippen molar-refractivity contribution in [3.05, 3.63) is 33.6 Å². The number of nitrogens with zero attached hydrogens (tertiary/aromatic N) is 2. The Bertz CT molecular complexity index is 616. The summed E-state index contributed by atoms with van der Waals surface area (Å²) in [6, 6.07) is 2.25. The molecule has 2 aromatic rings. The lowest BCUT2D eigenvalue weighted by Crippen LogP contribution is -2.29. The van der Waals surface area contributed by atoms with E-state index in [1.807, 2.05) is 11.3 Å². The molecule has 0 amide bonds. The van der Waals surface area contributed by atoms with Gasteiger partial charge in [-0.1, -0.05) is 19.0 Å². The van der Waals surface area contributed by atoms with Crippen LogP contribution in [0.15, 0.2) is 16.0 Å². The maximum absolute atomic E-state index is 5.51. The number of rotatable bonds is 2. The van der Waals surface area contributed by atoms with Gasteiger partial charge in [0.1, 0.15) is 6.04 Å². The number of hydrogen-bond donors (Lipinski definition) is 1. The molecular weight excluding hydrogens is 258 g/mol. The van der Waals surface area contributed by atoms with E-state index in [1.165, 1.54) is 10.4 Å². The van der Waals surface area contributed by atoms with E-state index in [4.69, 9.17) is 4.52 Å². The van der Waals surface area contributed by atoms with Gasteiger partial charge in [-0.05, 0) is 35.3 Å². The Hall–Kier alpha value is -1.20. The molecule has 5 heteroatoms. The maximum atomic E-state index is 5.51. The van der Waals surface area contributed by atoms with Crippen molar-refractivity contribution in [1.82, 2.24) is 15.5 Å². The molecule has 19 heavy (non-hydrogen) atoms. The number of nitrogens with one attached hydrogen (secondary N) is 1. The lowest BCUT2D eigenvalue weighted by Gasteiger charge is -2.20. The fraction of sp³-hybridized carbons (Fsp3) is 0.571. The van der Waals surface area contributed by atoms with Crippen molar-refractivity contribution in [2.75, 3.05) is 6.54 Å². The lowest BCUT2D eigenvalue weighted by molar-refractivity contribution is 0.340. The molecule has 4 rings (SSSR count). The highest BCUT2D eigenvalue weighted by atomic mass is 32.1. The number of thiophene rings is 1. The molecule has 0 spiro atoms. The molecule has 0 saturated heterocycles. The minimum absolute atomic E-state index is 0.0816. The van der Waals surface area contributed by atoms with E-state index < -0.39 is 0 Å². The molecule has 3 heterocycles. The first kappa shape index (κ1) is 11.6. The lowest BCUT2D eigenvalue weighted by atomic mass is 10.0. The molecular formula is C14H17N3OS. The van der Waals surface area contributed by atoms with Crippen molar-refractivity contribution >= 4 is 11.3 Å². The third kappa shape index (κ3) is 1.83. The number of aromatic nitrogens is 2. The molecule has 1 aliphatic carbocycles. The zero-order valence-electron chi connectivity index (χ0n) is 11.1. The SMILES string of the molecule is CC1(C)CC1c1noc(C2NCCc3sccc32)n1. The Kier molecular flexibility index (Phi) is 2.38. The molecule has 2 unspecified atom stereocenters. The van der Waals surface area contributed by atoms with Gasteiger partial charge in [0.05, 0.1) is 0 Å². The third-order valence-electron chi connectivity index (χ3n) is 4.32. The van der Waals surface area contributed by atoms with Crippen molar-refractivity contribution < 1.29 is 4.52 Å². The molecule has 100 valence electrons. The van der Waals surface area contributed by atoms with Crippen LogP contribution in [0.25, 0.3) is 0 Å². The topological polar surface area (TPSA) is 51.0 Å². The van der Waals surface area contributed by atoms with Crippen LogP contribution >= 0.6 is 11.3 Å². The highest BCUT2D eigenvalue weighted by molar-refractivity contribution is 7.10. The maximum Gasteiger partial charge on any atom is 0.248 e. The van der Waals surface area contributed by atoms with Crippen LogP contribution in [0.3, 0.4) is 0 Å². The van der Waals surface area contributed by atoms with Crippen LogP contribution in [-0.2, 0) is 6.42 Å². The normalized spacial score (nSPS) is 28.1. The highest BCUT2D eigenvalue weighted by Crippen LogP contribution is 2.57. The smallest absolute Gasteiger partial charge is 0.248 e. The third-order valence-corrected chi connectivity index (χ3v) is 5.32. The van der Waals surface area contributed by atoms with Gasteiger partial charge < -0.3 is 9.84 Å². The Morgan fingerprint density at radius 1 is 1.47 bits per heavy atom. The van der Waals surface area contributed by atoms with E-state index in [0.29, 0.717) is 11.3 Å². The predicted octanol–water partition coefficient (Wildman–Crippen LogP) is 2.88. The highest BCUT2D eigenvalue weighted by Gasteiger charge is 2.49. The minimum atomic E-state index is 0.0816. The molecule has 1 fully saturated rings. The summed E-state index contributed by atoms with van der Waals surface area (Å²) in [6.45, 7) is 5.48. The zero-order chi connectivity index (χ0) is 13.0. The summed E-state index contributed by atoms with van der Waals surface area (Å²) in [4.78, 5) is 6.07. The monoisotopic (exact) mass is 275 g/mol. The summed E-state index contributed by atoms with van der Waals surface area (Å²) in [5.74, 6) is 2.07. The van der Waals surface area contributed by atoms with Crippen molar-refractivity contribution in [2.24, 2.45) is 5.41 Å². The minimum Gasteiger partial charge on any atom is -0.337 e. The molecule has 2 atom stereocenters. The summed E-state index contributed by atoms with van der Waals surface area (Å²) < 4.78 is 5.51. The van der Waals surface area contributed by atoms with Gasteiger partial charge in [0.25, 0.3) is 0 Å². The van der Waals surface area contributed by atoms with E-state index in [9.17, 15) is 0 Å². The van der Waals surface area contributed by atoms with Gasteiger partial charge in [0.2, 0.25) is 5.89 Å². The van der Waals surface area contributed by atoms with Crippen molar-refractivity contribution in [1.29, 1.82) is 0 Å². The first-order valence-electron chi connectivity index (χ1n) is 6.78. The second kappa shape index (κ2) is 3.90. The van der Waals surface area contributed by atoms with Crippen LogP contribution in [0, 0.1) is 5.41 Å². The van der Waals surface area contributed by atoms with Crippen LogP contribution < -0.4 is 5.32 Å². The predicted molar refractivity (Wildman–Crippen MR) is 73.3 cm³/mol. The van der Waals surface area contributed by atoms with Gasteiger partial charge >= 0.3 is 0 Å². The molecule has 2 aromatic heterocycles. The van der Waals surface area contributed by atoms with Gasteiger partial charge in [-0.15, -0.1) is 11.3 Å². The van der Waals surface area contributed by atoms with E-state index in [-0.39, 0.29) is 6.04 Å². The standard InChI is InChI=1S/C14H17N3OS/c1-14(2)7-9(14)12-16-13(18-17-12)11-8-4-6-19-10(8)3-5-15-11/h4,6,9,11,15H,3,5,7H2,1-2H3. The summed E-state index contributed by atoms with van der Waals surface area (Å²) >= 11 is 1.82. The number of fused-ring (bicyclic) bond motifs is 1. The summed E-state index contributed by atoms with van der Waals surface area (Å²) in [5.41, 5.74) is 1.65. The molecule has 2 aliphatic rings. The zero-order valence-corrected chi connectivity index (χ0v) is 12.0. The Morgan fingerprint density at radius 3 is 3.11 bits per heavy atom. The van der Waals surface area contributed by atoms with Crippen molar-refractivity contribution in [3.8, 4) is 0 Å². The Labute approximate surface area is 116 Å². The average Bonchev–Trinajstić information content (AvgIpc) is 2.84. The number of hydrogen-bond acceptors (Lipinski definition) is 5. The van der Waals surface area contributed by atoms with E-state index in [0.717, 1.165) is 31.1 Å². The van der Waals surface area contributed by atoms with Crippen molar-refractivity contribution in [3.63, 3.8) is 0 Å². The second-order valence-electron chi connectivity index (χ2n) is 6.17. The van der Waals surface area contributed by atoms with Crippen LogP contribution in [0.4, 0.5) is 0 Å². The van der Waals surface area contributed by atoms with Crippen molar-refractivity contribution in [2.45, 2.75) is 38.6 Å². The summed E-state index contributed by atoms with van der Waals surface area (Å²) in [5, 5.41) is 9.81. The van der Waals surface area contributed by atoms with E-state index in [1.54, 1.807) is 0 Å². The molecule has 1 N–H and O–H groups in total. The Morgan fingerprint density at radius 2 is 2.32 bits per heavy atom. The molecule has 0 aromatic carbocycles. The van der Waals surface area contributed by atoms with Gasteiger partial charge in [0.15, 0.2) is 5.82 Å². The van der Waals surface area contributed by atoms with Crippen LogP contribution in [0.5, 0.6) is 0 Å². The summed E-state index contributed by atoms with van der Waals surface area (Å²) in [6.07, 6.45) is 2.26. The molecule has 4 nitrogen and oxygen atoms in total. The molecule has 0 radical (unpaired) electrons. The van der Waals surface area contributed by atoms with Crippen LogP contribution in [0.1, 0.15) is 54.4 Å². The van der Waals surface area contributed by atoms with Gasteiger partial charge in [-0.25, -0.2) is 0 Å². The van der Waals surface area contributed by atoms with Crippen LogP contribution in [-0.4, -0.2) is 16.7 Å². The molecule has 1 saturated carbocycles. The molecule has 1 aliphatic heterocycles. The van der Waals surface area contributed by atoms with Crippen LogP contribution in [0.2, 0.25) is 0 Å². The van der Waals surface area contributed by atoms with Gasteiger partial charge in [0, 0.05) is 17.3 Å². The summed E-state index contributed by atoms with van der Waals surface area (Å²) in [7, 11) is 0.